The second kappa shape index (κ2) is 6.25. The van der Waals surface area contributed by atoms with E-state index in [9.17, 15) is 28.8 Å². The van der Waals surface area contributed by atoms with Crippen LogP contribution in [0.1, 0.15) is 54.4 Å². The van der Waals surface area contributed by atoms with E-state index >= 15 is 0 Å². The highest BCUT2D eigenvalue weighted by molar-refractivity contribution is 5.83. The van der Waals surface area contributed by atoms with Gasteiger partial charge in [-0.3, -0.25) is 14.4 Å². The third-order valence-corrected chi connectivity index (χ3v) is 2.80. The molecule has 0 aliphatic carbocycles. The molecule has 0 aliphatic rings. The van der Waals surface area contributed by atoms with Crippen LogP contribution < -0.4 is 17.1 Å². The Bertz CT molecular complexity index is 645. The van der Waals surface area contributed by atoms with E-state index in [-0.39, 0.29) is 33.0 Å². The molecule has 9 heteroatoms. The van der Waals surface area contributed by atoms with Gasteiger partial charge in [-0.15, -0.1) is 0 Å². The predicted molar refractivity (Wildman–Crippen MR) is 72.0 cm³/mol. The second-order valence-electron chi connectivity index (χ2n) is 4.10. The topological polar surface area (TPSA) is 117 Å². The van der Waals surface area contributed by atoms with Crippen molar-refractivity contribution >= 4 is 17.7 Å². The van der Waals surface area contributed by atoms with E-state index in [0.29, 0.717) is 0 Å². The molecule has 0 saturated heterocycles. The summed E-state index contributed by atoms with van der Waals surface area (Å²) in [7, 11) is 0. The summed E-state index contributed by atoms with van der Waals surface area (Å²) < 4.78 is 0.424. The number of aromatic nitrogens is 3. The van der Waals surface area contributed by atoms with Gasteiger partial charge in [-0.05, 0) is 0 Å². The van der Waals surface area contributed by atoms with Crippen LogP contribution in [0.2, 0.25) is 0 Å². The van der Waals surface area contributed by atoms with Crippen molar-refractivity contribution in [3.05, 3.63) is 31.5 Å². The van der Waals surface area contributed by atoms with E-state index in [4.69, 9.17) is 0 Å². The summed E-state index contributed by atoms with van der Waals surface area (Å²) in [4.78, 5) is 71.2. The van der Waals surface area contributed by atoms with Gasteiger partial charge in [0.1, 0.15) is 0 Å². The molecule has 1 heterocycles. The summed E-state index contributed by atoms with van der Waals surface area (Å²) >= 11 is 0. The Morgan fingerprint density at radius 2 is 0.810 bits per heavy atom. The van der Waals surface area contributed by atoms with E-state index in [0.717, 1.165) is 0 Å². The summed E-state index contributed by atoms with van der Waals surface area (Å²) in [6.45, 7) is 4.20. The molecule has 114 valence electrons. The van der Waals surface area contributed by atoms with Gasteiger partial charge < -0.3 is 0 Å². The quantitative estimate of drug-likeness (QED) is 0.729. The minimum atomic E-state index is -1.34. The zero-order valence-corrected chi connectivity index (χ0v) is 11.9. The Balaban J connectivity index is 4.03. The minimum absolute atomic E-state index is 0.141. The van der Waals surface area contributed by atoms with Gasteiger partial charge >= 0.3 is 17.1 Å². The summed E-state index contributed by atoms with van der Waals surface area (Å²) in [5.74, 6) is -2.71. The van der Waals surface area contributed by atoms with Crippen LogP contribution in [0.15, 0.2) is 14.4 Å². The molecule has 0 N–H and O–H groups in total. The van der Waals surface area contributed by atoms with Gasteiger partial charge in [-0.25, -0.2) is 14.4 Å². The normalized spacial score (nSPS) is 10.4. The summed E-state index contributed by atoms with van der Waals surface area (Å²) in [5, 5.41) is 0. The highest BCUT2D eigenvalue weighted by Crippen LogP contribution is 1.87. The van der Waals surface area contributed by atoms with Gasteiger partial charge in [0.2, 0.25) is 17.7 Å². The first-order chi connectivity index (χ1) is 9.81. The van der Waals surface area contributed by atoms with E-state index in [1.54, 1.807) is 0 Å². The van der Waals surface area contributed by atoms with Gasteiger partial charge in [0.05, 0.1) is 0 Å². The fraction of sp³-hybridized carbons (Fsp3) is 0.500. The number of hydrogen-bond donors (Lipinski definition) is 0. The monoisotopic (exact) mass is 297 g/mol. The van der Waals surface area contributed by atoms with Crippen LogP contribution in [0.25, 0.3) is 0 Å². The predicted octanol–water partition coefficient (Wildman–Crippen LogP) is -0.678. The van der Waals surface area contributed by atoms with Crippen LogP contribution in [0.3, 0.4) is 0 Å². The maximum Gasteiger partial charge on any atom is 0.350 e. The molecule has 21 heavy (non-hydrogen) atoms. The molecule has 1 aromatic rings. The summed E-state index contributed by atoms with van der Waals surface area (Å²) in [6.07, 6.45) is -0.601. The van der Waals surface area contributed by atoms with E-state index in [2.05, 4.69) is 0 Å². The molecule has 0 aliphatic heterocycles. The lowest BCUT2D eigenvalue weighted by Gasteiger charge is -2.09. The van der Waals surface area contributed by atoms with Crippen molar-refractivity contribution in [1.29, 1.82) is 0 Å². The molecule has 1 aromatic heterocycles. The summed E-state index contributed by atoms with van der Waals surface area (Å²) in [6, 6.07) is 0. The molecule has 0 atom stereocenters. The average Bonchev–Trinajstić information content (AvgIpc) is 2.46. The molecular weight excluding hydrogens is 282 g/mol. The Labute approximate surface area is 118 Å². The molecule has 0 unspecified atom stereocenters. The van der Waals surface area contributed by atoms with Crippen molar-refractivity contribution in [2.45, 2.75) is 40.0 Å². The molecular formula is C12H15N3O6. The number of nitrogens with zero attached hydrogens (tertiary/aromatic N) is 3. The van der Waals surface area contributed by atoms with Gasteiger partial charge in [0.25, 0.3) is 0 Å². The molecule has 0 spiro atoms. The lowest BCUT2D eigenvalue weighted by atomic mass is 10.4. The van der Waals surface area contributed by atoms with Crippen molar-refractivity contribution in [3.8, 4) is 0 Å². The summed E-state index contributed by atoms with van der Waals surface area (Å²) in [5.41, 5.74) is -4.03. The highest BCUT2D eigenvalue weighted by Gasteiger charge is 2.24. The smallest absolute Gasteiger partial charge is 0.274 e. The minimum Gasteiger partial charge on any atom is -0.274 e. The fourth-order valence-corrected chi connectivity index (χ4v) is 1.66. The maximum absolute atomic E-state index is 12.0. The number of carbonyl (C=O) groups excluding carboxylic acids is 3. The van der Waals surface area contributed by atoms with Crippen molar-refractivity contribution in [2.24, 2.45) is 0 Å². The van der Waals surface area contributed by atoms with Crippen LogP contribution in [0, 0.1) is 0 Å². The molecule has 9 nitrogen and oxygen atoms in total. The standard InChI is InChI=1S/C12H15N3O6/c1-4-7(16)13-10(19)14(8(17)5-2)12(21)15(11(13)20)9(18)6-3/h4-6H2,1-3H3. The lowest BCUT2D eigenvalue weighted by Crippen LogP contribution is -2.59. The Kier molecular flexibility index (Phi) is 4.90. The Hall–Kier alpha value is -2.58. The van der Waals surface area contributed by atoms with Crippen molar-refractivity contribution < 1.29 is 14.4 Å². The molecule has 0 aromatic carbocycles. The van der Waals surface area contributed by atoms with Crippen LogP contribution in [0.4, 0.5) is 0 Å². The zero-order chi connectivity index (χ0) is 16.3. The first-order valence-electron chi connectivity index (χ1n) is 6.42. The van der Waals surface area contributed by atoms with Gasteiger partial charge in [0, 0.05) is 19.3 Å². The van der Waals surface area contributed by atoms with Gasteiger partial charge in [-0.1, -0.05) is 20.8 Å². The third kappa shape index (κ3) is 2.67. The SMILES string of the molecule is CCC(=O)n1c(=O)n(C(=O)CC)c(=O)n(C(=O)CC)c1=O. The van der Waals surface area contributed by atoms with Crippen molar-refractivity contribution in [3.63, 3.8) is 0 Å². The third-order valence-electron chi connectivity index (χ3n) is 2.80. The van der Waals surface area contributed by atoms with Gasteiger partial charge in [0.15, 0.2) is 0 Å². The number of rotatable bonds is 3. The van der Waals surface area contributed by atoms with E-state index in [1.807, 2.05) is 0 Å². The lowest BCUT2D eigenvalue weighted by molar-refractivity contribution is 0.0843. The maximum atomic E-state index is 12.0. The van der Waals surface area contributed by atoms with E-state index < -0.39 is 34.8 Å². The molecule has 0 fully saturated rings. The fourth-order valence-electron chi connectivity index (χ4n) is 1.66. The Morgan fingerprint density at radius 3 is 0.952 bits per heavy atom. The first kappa shape index (κ1) is 16.5. The van der Waals surface area contributed by atoms with Gasteiger partial charge in [-0.2, -0.15) is 13.7 Å². The Morgan fingerprint density at radius 1 is 0.619 bits per heavy atom. The number of hydrogen-bond acceptors (Lipinski definition) is 6. The molecule has 0 bridgehead atoms. The average molecular weight is 297 g/mol. The number of carbonyl (C=O) groups is 3. The van der Waals surface area contributed by atoms with Crippen molar-refractivity contribution in [1.82, 2.24) is 13.7 Å². The molecule has 1 rings (SSSR count). The molecule has 0 amide bonds. The van der Waals surface area contributed by atoms with Crippen LogP contribution in [-0.2, 0) is 0 Å². The molecule has 0 radical (unpaired) electrons. The second-order valence-corrected chi connectivity index (χ2v) is 4.10. The largest absolute Gasteiger partial charge is 0.350 e. The van der Waals surface area contributed by atoms with Crippen LogP contribution >= 0.6 is 0 Å². The zero-order valence-electron chi connectivity index (χ0n) is 11.9. The van der Waals surface area contributed by atoms with E-state index in [1.165, 1.54) is 20.8 Å². The molecule has 0 saturated carbocycles. The van der Waals surface area contributed by atoms with Crippen LogP contribution in [0.5, 0.6) is 0 Å². The van der Waals surface area contributed by atoms with Crippen LogP contribution in [-0.4, -0.2) is 31.4 Å². The highest BCUT2D eigenvalue weighted by atomic mass is 16.2. The first-order valence-corrected chi connectivity index (χ1v) is 6.42. The van der Waals surface area contributed by atoms with Crippen molar-refractivity contribution in [2.75, 3.05) is 0 Å².